The Labute approximate surface area is 327 Å². The van der Waals surface area contributed by atoms with E-state index in [0.717, 1.165) is 59.8 Å². The highest BCUT2D eigenvalue weighted by atomic mass is 31.2. The first-order valence-corrected chi connectivity index (χ1v) is 20.6. The summed E-state index contributed by atoms with van der Waals surface area (Å²) in [5, 5.41) is 0. The van der Waals surface area contributed by atoms with Gasteiger partial charge in [0.05, 0.1) is 14.2 Å². The van der Waals surface area contributed by atoms with E-state index in [1.165, 1.54) is 17.8 Å². The smallest absolute Gasteiger partial charge is 0.331 e. The first-order chi connectivity index (χ1) is 26.5. The summed E-state index contributed by atoms with van der Waals surface area (Å²) in [5.41, 5.74) is 4.58. The van der Waals surface area contributed by atoms with Gasteiger partial charge in [-0.05, 0) is 113 Å². The Morgan fingerprint density at radius 1 is 0.564 bits per heavy atom. The van der Waals surface area contributed by atoms with Gasteiger partial charge in [-0.2, -0.15) is 0 Å². The quantitative estimate of drug-likeness (QED) is 0.0472. The first kappa shape index (κ1) is 43.8. The van der Waals surface area contributed by atoms with Crippen LogP contribution in [0.15, 0.2) is 97.1 Å². The van der Waals surface area contributed by atoms with Crippen LogP contribution in [0.2, 0.25) is 0 Å². The summed E-state index contributed by atoms with van der Waals surface area (Å²) in [5.74, 6) is 3.29. The van der Waals surface area contributed by atoms with E-state index in [0.29, 0.717) is 13.1 Å². The number of rotatable bonds is 26. The van der Waals surface area contributed by atoms with Crippen LogP contribution in [0.4, 0.5) is 0 Å². The number of methoxy groups -OCH3 is 2. The summed E-state index contributed by atoms with van der Waals surface area (Å²) >= 11 is 0. The van der Waals surface area contributed by atoms with E-state index in [2.05, 4.69) is 36.4 Å². The Hall–Kier alpha value is -3.93. The molecule has 300 valence electrons. The SMILES string of the molecule is COc1cccc(CCc2ccccc2OC[C@H](CN(C)C)OCOP(C)(=O)OCO[C@H](COc2ccccc2CCc2cccc(OC)c2)CN(C)C)c1. The average molecular weight is 779 g/mol. The number of hydrogen-bond acceptors (Lipinski definition) is 11. The summed E-state index contributed by atoms with van der Waals surface area (Å²) in [4.78, 5) is 4.01. The molecule has 0 amide bonds. The van der Waals surface area contributed by atoms with Gasteiger partial charge in [-0.25, -0.2) is 0 Å². The molecule has 0 heterocycles. The monoisotopic (exact) mass is 778 g/mol. The zero-order valence-corrected chi connectivity index (χ0v) is 34.4. The molecule has 0 unspecified atom stereocenters. The van der Waals surface area contributed by atoms with E-state index >= 15 is 0 Å². The summed E-state index contributed by atoms with van der Waals surface area (Å²) in [6.07, 6.45) is 2.62. The Morgan fingerprint density at radius 2 is 0.982 bits per heavy atom. The predicted octanol–water partition coefficient (Wildman–Crippen LogP) is 7.40. The Balaban J connectivity index is 1.23. The molecule has 0 saturated heterocycles. The molecular weight excluding hydrogens is 719 g/mol. The number of para-hydroxylation sites is 2. The number of nitrogens with zero attached hydrogens (tertiary/aromatic N) is 2. The third kappa shape index (κ3) is 16.4. The molecule has 0 saturated carbocycles. The van der Waals surface area contributed by atoms with E-state index in [1.807, 2.05) is 98.7 Å². The molecule has 4 aromatic carbocycles. The second kappa shape index (κ2) is 23.2. The van der Waals surface area contributed by atoms with Gasteiger partial charge in [0.1, 0.15) is 48.4 Å². The zero-order chi connectivity index (χ0) is 39.5. The average Bonchev–Trinajstić information content (AvgIpc) is 3.17. The van der Waals surface area contributed by atoms with Crippen LogP contribution in [0.5, 0.6) is 23.0 Å². The van der Waals surface area contributed by atoms with Crippen molar-refractivity contribution in [3.05, 3.63) is 119 Å². The van der Waals surface area contributed by atoms with Gasteiger partial charge in [0.25, 0.3) is 0 Å². The van der Waals surface area contributed by atoms with Crippen LogP contribution in [0.3, 0.4) is 0 Å². The van der Waals surface area contributed by atoms with E-state index in [4.69, 9.17) is 37.5 Å². The van der Waals surface area contributed by atoms with E-state index < -0.39 is 7.60 Å². The fourth-order valence-electron chi connectivity index (χ4n) is 5.89. The molecular formula is C43H59N2O9P. The molecule has 0 N–H and O–H groups in total. The maximum atomic E-state index is 13.2. The van der Waals surface area contributed by atoms with Crippen LogP contribution in [-0.4, -0.2) is 111 Å². The van der Waals surface area contributed by atoms with Crippen molar-refractivity contribution < 1.29 is 42.0 Å². The van der Waals surface area contributed by atoms with Crippen molar-refractivity contribution in [3.63, 3.8) is 0 Å². The maximum Gasteiger partial charge on any atom is 0.331 e. The fraction of sp³-hybridized carbons (Fsp3) is 0.442. The second-order valence-electron chi connectivity index (χ2n) is 13.9. The third-order valence-corrected chi connectivity index (χ3v) is 9.90. The maximum absolute atomic E-state index is 13.2. The van der Waals surface area contributed by atoms with Gasteiger partial charge >= 0.3 is 7.60 Å². The van der Waals surface area contributed by atoms with E-state index in [-0.39, 0.29) is 39.0 Å². The largest absolute Gasteiger partial charge is 0.497 e. The molecule has 0 aromatic heterocycles. The van der Waals surface area contributed by atoms with Gasteiger partial charge in [-0.3, -0.25) is 13.6 Å². The lowest BCUT2D eigenvalue weighted by Crippen LogP contribution is -2.34. The van der Waals surface area contributed by atoms with Crippen LogP contribution in [0, 0.1) is 0 Å². The first-order valence-electron chi connectivity index (χ1n) is 18.6. The van der Waals surface area contributed by atoms with Crippen molar-refractivity contribution in [1.29, 1.82) is 0 Å². The normalized spacial score (nSPS) is 12.8. The minimum absolute atomic E-state index is 0.232. The summed E-state index contributed by atoms with van der Waals surface area (Å²) in [7, 11) is 7.67. The minimum Gasteiger partial charge on any atom is -0.497 e. The highest BCUT2D eigenvalue weighted by molar-refractivity contribution is 7.52. The molecule has 0 spiro atoms. The molecule has 0 aliphatic rings. The van der Waals surface area contributed by atoms with Gasteiger partial charge in [0.15, 0.2) is 13.6 Å². The van der Waals surface area contributed by atoms with Gasteiger partial charge in [0, 0.05) is 19.8 Å². The lowest BCUT2D eigenvalue weighted by molar-refractivity contribution is -0.0849. The highest BCUT2D eigenvalue weighted by Crippen LogP contribution is 2.43. The molecule has 0 aliphatic carbocycles. The topological polar surface area (TPSA) is 97.4 Å². The van der Waals surface area contributed by atoms with Gasteiger partial charge < -0.3 is 38.2 Å². The lowest BCUT2D eigenvalue weighted by Gasteiger charge is -2.24. The van der Waals surface area contributed by atoms with Crippen molar-refractivity contribution in [2.45, 2.75) is 37.9 Å². The van der Waals surface area contributed by atoms with Crippen LogP contribution in [0.1, 0.15) is 22.3 Å². The van der Waals surface area contributed by atoms with Crippen LogP contribution < -0.4 is 18.9 Å². The molecule has 4 rings (SSSR count). The van der Waals surface area contributed by atoms with Crippen molar-refractivity contribution in [2.24, 2.45) is 0 Å². The third-order valence-electron chi connectivity index (χ3n) is 8.75. The van der Waals surface area contributed by atoms with Crippen molar-refractivity contribution in [2.75, 3.05) is 89.0 Å². The van der Waals surface area contributed by atoms with Gasteiger partial charge in [-0.1, -0.05) is 60.7 Å². The second-order valence-corrected chi connectivity index (χ2v) is 16.0. The predicted molar refractivity (Wildman–Crippen MR) is 217 cm³/mol. The number of ether oxygens (including phenoxy) is 6. The van der Waals surface area contributed by atoms with E-state index in [9.17, 15) is 4.57 Å². The van der Waals surface area contributed by atoms with Crippen LogP contribution in [0.25, 0.3) is 0 Å². The molecule has 0 aliphatic heterocycles. The summed E-state index contributed by atoms with van der Waals surface area (Å²) in [6.45, 7) is 2.66. The molecule has 4 aromatic rings. The molecule has 0 fully saturated rings. The number of likely N-dealkylation sites (N-methyl/N-ethyl adjacent to an activating group) is 2. The van der Waals surface area contributed by atoms with E-state index in [1.54, 1.807) is 14.2 Å². The number of aryl methyl sites for hydroxylation is 4. The molecule has 2 atom stereocenters. The Kier molecular flexibility index (Phi) is 18.5. The van der Waals surface area contributed by atoms with Gasteiger partial charge in [0.2, 0.25) is 0 Å². The summed E-state index contributed by atoms with van der Waals surface area (Å²) < 4.78 is 59.8. The number of hydrogen-bond donors (Lipinski definition) is 0. The molecule has 0 radical (unpaired) electrons. The molecule has 12 heteroatoms. The Bertz CT molecular complexity index is 1630. The van der Waals surface area contributed by atoms with Crippen molar-refractivity contribution >= 4 is 7.60 Å². The van der Waals surface area contributed by atoms with Crippen molar-refractivity contribution in [1.82, 2.24) is 9.80 Å². The highest BCUT2D eigenvalue weighted by Gasteiger charge is 2.22. The standard InChI is InChI=1S/C43H59N2O9P/c1-44(2)28-40(30-49-42-20-10-8-16-36(42)24-22-34-14-12-18-38(26-34)47-5)51-32-53-55(7,46)54-33-52-41(29-45(3)4)31-50-43-21-11-9-17-37(43)25-23-35-15-13-19-39(27-35)48-6/h8-21,26-27,40-41H,22-25,28-33H2,1-7H3/t40-,41-/m0/s1. The molecule has 0 bridgehead atoms. The van der Waals surface area contributed by atoms with Crippen molar-refractivity contribution in [3.8, 4) is 23.0 Å². The number of benzene rings is 4. The fourth-order valence-corrected chi connectivity index (χ4v) is 6.46. The zero-order valence-electron chi connectivity index (χ0n) is 33.5. The van der Waals surface area contributed by atoms with Crippen LogP contribution in [-0.2, 0) is 48.8 Å². The van der Waals surface area contributed by atoms with Crippen LogP contribution >= 0.6 is 7.60 Å². The minimum atomic E-state index is -3.51. The molecule has 11 nitrogen and oxygen atoms in total. The lowest BCUT2D eigenvalue weighted by atomic mass is 10.0. The van der Waals surface area contributed by atoms with Gasteiger partial charge in [-0.15, -0.1) is 0 Å². The molecule has 55 heavy (non-hydrogen) atoms. The Morgan fingerprint density at radius 3 is 1.38 bits per heavy atom. The summed E-state index contributed by atoms with van der Waals surface area (Å²) in [6, 6.07) is 32.2.